The van der Waals surface area contributed by atoms with Gasteiger partial charge in [-0.05, 0) is 18.2 Å². The average Bonchev–Trinajstić information content (AvgIpc) is 2.48. The van der Waals surface area contributed by atoms with Gasteiger partial charge in [-0.1, -0.05) is 17.7 Å². The number of phenols is 1. The summed E-state index contributed by atoms with van der Waals surface area (Å²) in [6.07, 6.45) is -4.55. The molecule has 0 bridgehead atoms. The molecule has 0 aromatic heterocycles. The molecule has 1 amide bonds. The van der Waals surface area contributed by atoms with Crippen molar-refractivity contribution < 1.29 is 27.8 Å². The van der Waals surface area contributed by atoms with Gasteiger partial charge in [0.2, 0.25) is 0 Å². The summed E-state index contributed by atoms with van der Waals surface area (Å²) >= 11 is 5.91. The lowest BCUT2D eigenvalue weighted by atomic mass is 10.1. The van der Waals surface area contributed by atoms with Gasteiger partial charge in [0.15, 0.2) is 0 Å². The molecule has 0 radical (unpaired) electrons. The van der Waals surface area contributed by atoms with E-state index >= 15 is 0 Å². The highest BCUT2D eigenvalue weighted by atomic mass is 35.5. The fourth-order valence-corrected chi connectivity index (χ4v) is 2.12. The van der Waals surface area contributed by atoms with Gasteiger partial charge in [0.1, 0.15) is 17.2 Å². The van der Waals surface area contributed by atoms with Crippen LogP contribution in [0, 0.1) is 0 Å². The zero-order valence-electron chi connectivity index (χ0n) is 11.7. The number of carbonyl (C=O) groups is 1. The maximum absolute atomic E-state index is 12.7. The number of halogens is 4. The smallest absolute Gasteiger partial charge is 0.416 e. The van der Waals surface area contributed by atoms with Crippen LogP contribution < -0.4 is 10.1 Å². The quantitative estimate of drug-likeness (QED) is 0.814. The van der Waals surface area contributed by atoms with E-state index < -0.39 is 17.6 Å². The number of ether oxygens (including phenoxy) is 1. The summed E-state index contributed by atoms with van der Waals surface area (Å²) in [5, 5.41) is 11.8. The molecule has 0 aliphatic heterocycles. The topological polar surface area (TPSA) is 58.6 Å². The van der Waals surface area contributed by atoms with Gasteiger partial charge in [-0.2, -0.15) is 13.2 Å². The minimum Gasteiger partial charge on any atom is -0.508 e. The number of carbonyl (C=O) groups excluding carboxylic acids is 1. The number of alkyl halides is 3. The van der Waals surface area contributed by atoms with Crippen LogP contribution in [0.2, 0.25) is 5.02 Å². The maximum atomic E-state index is 12.7. The molecule has 122 valence electrons. The number of nitrogens with one attached hydrogen (secondary N) is 1. The first-order valence-electron chi connectivity index (χ1n) is 6.27. The Balaban J connectivity index is 2.34. The molecule has 0 aliphatic rings. The zero-order chi connectivity index (χ0) is 17.2. The predicted molar refractivity (Wildman–Crippen MR) is 79.1 cm³/mol. The summed E-state index contributed by atoms with van der Waals surface area (Å²) in [4.78, 5) is 12.1. The number of hydrogen-bond acceptors (Lipinski definition) is 3. The van der Waals surface area contributed by atoms with Crippen LogP contribution in [0.3, 0.4) is 0 Å². The molecule has 0 unspecified atom stereocenters. The van der Waals surface area contributed by atoms with Crippen LogP contribution in [0.1, 0.15) is 15.9 Å². The number of hydrogen-bond donors (Lipinski definition) is 2. The number of anilines is 1. The van der Waals surface area contributed by atoms with E-state index in [1.807, 2.05) is 0 Å². The van der Waals surface area contributed by atoms with Crippen LogP contribution in [0.15, 0.2) is 36.4 Å². The number of amides is 1. The Morgan fingerprint density at radius 3 is 2.57 bits per heavy atom. The van der Waals surface area contributed by atoms with Crippen LogP contribution in [-0.2, 0) is 6.18 Å². The molecule has 4 nitrogen and oxygen atoms in total. The van der Waals surface area contributed by atoms with Crippen molar-refractivity contribution in [3.8, 4) is 11.5 Å². The van der Waals surface area contributed by atoms with Gasteiger partial charge in [-0.15, -0.1) is 0 Å². The minimum atomic E-state index is -4.55. The summed E-state index contributed by atoms with van der Waals surface area (Å²) < 4.78 is 43.0. The fourth-order valence-electron chi connectivity index (χ4n) is 1.87. The van der Waals surface area contributed by atoms with Crippen LogP contribution in [-0.4, -0.2) is 18.1 Å². The highest BCUT2D eigenvalue weighted by Crippen LogP contribution is 2.37. The summed E-state index contributed by atoms with van der Waals surface area (Å²) in [5.41, 5.74) is -1.07. The lowest BCUT2D eigenvalue weighted by molar-refractivity contribution is -0.137. The molecule has 0 spiro atoms. The molecule has 0 saturated heterocycles. The fraction of sp³-hybridized carbons (Fsp3) is 0.133. The Labute approximate surface area is 134 Å². The first-order valence-corrected chi connectivity index (χ1v) is 6.65. The zero-order valence-corrected chi connectivity index (χ0v) is 12.5. The second-order valence-corrected chi connectivity index (χ2v) is 4.94. The summed E-state index contributed by atoms with van der Waals surface area (Å²) in [5.74, 6) is -0.888. The monoisotopic (exact) mass is 345 g/mol. The van der Waals surface area contributed by atoms with Gasteiger partial charge < -0.3 is 15.2 Å². The van der Waals surface area contributed by atoms with Crippen molar-refractivity contribution >= 4 is 23.2 Å². The molecule has 0 atom stereocenters. The van der Waals surface area contributed by atoms with Crippen molar-refractivity contribution in [1.29, 1.82) is 0 Å². The molecule has 0 aliphatic carbocycles. The van der Waals surface area contributed by atoms with Crippen LogP contribution in [0.5, 0.6) is 11.5 Å². The molecule has 0 heterocycles. The van der Waals surface area contributed by atoms with Gasteiger partial charge in [-0.25, -0.2) is 0 Å². The number of rotatable bonds is 3. The van der Waals surface area contributed by atoms with Crippen molar-refractivity contribution in [2.45, 2.75) is 6.18 Å². The number of benzene rings is 2. The Kier molecular flexibility index (Phi) is 4.70. The summed E-state index contributed by atoms with van der Waals surface area (Å²) in [6, 6.07) is 6.36. The highest BCUT2D eigenvalue weighted by molar-refractivity contribution is 6.34. The molecular weight excluding hydrogens is 335 g/mol. The van der Waals surface area contributed by atoms with Crippen molar-refractivity contribution in [3.05, 3.63) is 52.5 Å². The largest absolute Gasteiger partial charge is 0.508 e. The highest BCUT2D eigenvalue weighted by Gasteiger charge is 2.31. The van der Waals surface area contributed by atoms with Gasteiger partial charge >= 0.3 is 6.18 Å². The number of methoxy groups -OCH3 is 1. The Bertz CT molecular complexity index is 747. The Morgan fingerprint density at radius 1 is 1.26 bits per heavy atom. The first-order chi connectivity index (χ1) is 10.7. The maximum Gasteiger partial charge on any atom is 0.416 e. The Morgan fingerprint density at radius 2 is 1.96 bits per heavy atom. The van der Waals surface area contributed by atoms with Gasteiger partial charge in [0, 0.05) is 17.7 Å². The number of aromatic hydroxyl groups is 1. The van der Waals surface area contributed by atoms with Crippen LogP contribution in [0.4, 0.5) is 18.9 Å². The van der Waals surface area contributed by atoms with Crippen molar-refractivity contribution in [2.75, 3.05) is 12.4 Å². The second kappa shape index (κ2) is 6.37. The average molecular weight is 346 g/mol. The number of phenolic OH excluding ortho intramolecular Hbond substituents is 1. The molecule has 8 heteroatoms. The van der Waals surface area contributed by atoms with Gasteiger partial charge in [-0.3, -0.25) is 4.79 Å². The third kappa shape index (κ3) is 3.87. The molecule has 2 aromatic rings. The van der Waals surface area contributed by atoms with Gasteiger partial charge in [0.05, 0.1) is 17.7 Å². The van der Waals surface area contributed by atoms with E-state index in [-0.39, 0.29) is 27.8 Å². The summed E-state index contributed by atoms with van der Waals surface area (Å²) in [7, 11) is 1.30. The van der Waals surface area contributed by atoms with E-state index in [2.05, 4.69) is 5.32 Å². The molecule has 2 rings (SSSR count). The van der Waals surface area contributed by atoms with E-state index in [0.717, 1.165) is 18.2 Å². The third-order valence-corrected chi connectivity index (χ3v) is 3.25. The van der Waals surface area contributed by atoms with E-state index in [1.54, 1.807) is 0 Å². The molecule has 23 heavy (non-hydrogen) atoms. The summed E-state index contributed by atoms with van der Waals surface area (Å²) in [6.45, 7) is 0. The molecule has 0 fully saturated rings. The third-order valence-electron chi connectivity index (χ3n) is 2.95. The Hall–Kier alpha value is -2.41. The van der Waals surface area contributed by atoms with Crippen LogP contribution in [0.25, 0.3) is 0 Å². The van der Waals surface area contributed by atoms with E-state index in [0.29, 0.717) is 0 Å². The molecule has 2 aromatic carbocycles. The van der Waals surface area contributed by atoms with Crippen molar-refractivity contribution in [1.82, 2.24) is 0 Å². The second-order valence-electron chi connectivity index (χ2n) is 4.54. The molecular formula is C15H11ClF3NO3. The normalized spacial score (nSPS) is 11.2. The molecule has 0 saturated carbocycles. The van der Waals surface area contributed by atoms with Crippen molar-refractivity contribution in [3.63, 3.8) is 0 Å². The predicted octanol–water partition coefficient (Wildman–Crippen LogP) is 4.33. The SMILES string of the molecule is COc1cc(O)cc(Cl)c1NC(=O)c1cccc(C(F)(F)F)c1. The first kappa shape index (κ1) is 17.0. The van der Waals surface area contributed by atoms with Crippen molar-refractivity contribution in [2.24, 2.45) is 0 Å². The van der Waals surface area contributed by atoms with Gasteiger partial charge in [0.25, 0.3) is 5.91 Å². The minimum absolute atomic E-state index is 0.0119. The van der Waals surface area contributed by atoms with E-state index in [4.69, 9.17) is 16.3 Å². The van der Waals surface area contributed by atoms with E-state index in [9.17, 15) is 23.1 Å². The lowest BCUT2D eigenvalue weighted by Gasteiger charge is -2.13. The van der Waals surface area contributed by atoms with E-state index in [1.165, 1.54) is 25.3 Å². The standard InChI is InChI=1S/C15H11ClF3NO3/c1-23-12-7-10(21)6-11(16)13(12)20-14(22)8-3-2-4-9(5-8)15(17,18)19/h2-7,21H,1H3,(H,20,22). The molecule has 2 N–H and O–H groups in total. The van der Waals surface area contributed by atoms with Crippen LogP contribution >= 0.6 is 11.6 Å². The lowest BCUT2D eigenvalue weighted by Crippen LogP contribution is -2.14.